The molecular weight excluding hydrogens is 316 g/mol. The molecule has 20 heavy (non-hydrogen) atoms. The zero-order valence-corrected chi connectivity index (χ0v) is 12.6. The van der Waals surface area contributed by atoms with Gasteiger partial charge < -0.3 is 9.32 Å². The van der Waals surface area contributed by atoms with Crippen LogP contribution in [-0.4, -0.2) is 16.9 Å². The molecule has 2 heterocycles. The molecule has 3 nitrogen and oxygen atoms in total. The smallest absolute Gasteiger partial charge is 0.140 e. The molecule has 0 radical (unpaired) electrons. The Morgan fingerprint density at radius 1 is 1.10 bits per heavy atom. The van der Waals surface area contributed by atoms with E-state index in [-0.39, 0.29) is 0 Å². The number of fused-ring (bicyclic) bond motifs is 1. The van der Waals surface area contributed by atoms with Crippen LogP contribution in [0, 0.1) is 0 Å². The van der Waals surface area contributed by atoms with Gasteiger partial charge in [-0.05, 0) is 17.7 Å². The maximum absolute atomic E-state index is 5.46. The Balaban J connectivity index is 1.96. The van der Waals surface area contributed by atoms with Gasteiger partial charge in [0.1, 0.15) is 11.4 Å². The van der Waals surface area contributed by atoms with Crippen molar-refractivity contribution in [2.45, 2.75) is 6.54 Å². The predicted octanol–water partition coefficient (Wildman–Crippen LogP) is 4.23. The van der Waals surface area contributed by atoms with Gasteiger partial charge in [0.2, 0.25) is 0 Å². The lowest BCUT2D eigenvalue weighted by atomic mass is 10.2. The largest absolute Gasteiger partial charge is 0.464 e. The minimum atomic E-state index is 0.837. The summed E-state index contributed by atoms with van der Waals surface area (Å²) in [7, 11) is 0. The second kappa shape index (κ2) is 6.09. The van der Waals surface area contributed by atoms with Gasteiger partial charge in [-0.15, -0.1) is 0 Å². The lowest BCUT2D eigenvalue weighted by molar-refractivity contribution is 0.615. The van der Waals surface area contributed by atoms with Crippen molar-refractivity contribution < 1.29 is 4.42 Å². The second-order valence-electron chi connectivity index (χ2n) is 4.56. The van der Waals surface area contributed by atoms with Crippen LogP contribution in [0.25, 0.3) is 11.0 Å². The van der Waals surface area contributed by atoms with E-state index in [0.717, 1.165) is 35.2 Å². The quantitative estimate of drug-likeness (QED) is 0.655. The molecule has 4 heteroatoms. The highest BCUT2D eigenvalue weighted by molar-refractivity contribution is 9.09. The zero-order valence-electron chi connectivity index (χ0n) is 11.0. The molecular formula is C16H15BrN2O. The zero-order chi connectivity index (χ0) is 13.8. The van der Waals surface area contributed by atoms with E-state index in [1.807, 2.05) is 18.2 Å². The van der Waals surface area contributed by atoms with Crippen molar-refractivity contribution in [3.8, 4) is 0 Å². The first-order chi connectivity index (χ1) is 9.88. The van der Waals surface area contributed by atoms with Crippen LogP contribution in [0.5, 0.6) is 0 Å². The summed E-state index contributed by atoms with van der Waals surface area (Å²) in [6.45, 7) is 1.73. The Labute approximate surface area is 126 Å². The summed E-state index contributed by atoms with van der Waals surface area (Å²) in [5.74, 6) is 0.972. The van der Waals surface area contributed by atoms with Gasteiger partial charge in [-0.3, -0.25) is 0 Å². The van der Waals surface area contributed by atoms with Crippen LogP contribution in [0.1, 0.15) is 5.56 Å². The number of benzene rings is 1. The van der Waals surface area contributed by atoms with E-state index in [4.69, 9.17) is 4.42 Å². The number of nitrogens with zero attached hydrogens (tertiary/aromatic N) is 2. The van der Waals surface area contributed by atoms with Crippen LogP contribution in [0.15, 0.2) is 59.3 Å². The van der Waals surface area contributed by atoms with Crippen LogP contribution < -0.4 is 4.90 Å². The van der Waals surface area contributed by atoms with Gasteiger partial charge in [0, 0.05) is 24.6 Å². The molecule has 0 atom stereocenters. The monoisotopic (exact) mass is 330 g/mol. The Morgan fingerprint density at radius 3 is 2.75 bits per heavy atom. The Bertz CT molecular complexity index is 681. The molecule has 0 bridgehead atoms. The summed E-state index contributed by atoms with van der Waals surface area (Å²) in [5.41, 5.74) is 2.15. The molecule has 0 aliphatic rings. The highest BCUT2D eigenvalue weighted by Crippen LogP contribution is 2.26. The molecule has 0 saturated carbocycles. The fraction of sp³-hybridized carbons (Fsp3) is 0.188. The lowest BCUT2D eigenvalue weighted by Gasteiger charge is -2.23. The molecule has 0 spiro atoms. The standard InChI is InChI=1S/C16H15BrN2O/c17-8-10-19(12-13-4-2-1-3-5-13)16-14-7-11-20-15(14)6-9-18-16/h1-7,9,11H,8,10,12H2. The van der Waals surface area contributed by atoms with Crippen molar-refractivity contribution in [2.24, 2.45) is 0 Å². The summed E-state index contributed by atoms with van der Waals surface area (Å²) in [6.07, 6.45) is 3.51. The van der Waals surface area contributed by atoms with E-state index in [0.29, 0.717) is 0 Å². The number of hydrogen-bond acceptors (Lipinski definition) is 3. The normalized spacial score (nSPS) is 10.8. The van der Waals surface area contributed by atoms with Crippen molar-refractivity contribution in [1.82, 2.24) is 4.98 Å². The molecule has 0 amide bonds. The third-order valence-electron chi connectivity index (χ3n) is 3.23. The molecule has 102 valence electrons. The Hall–Kier alpha value is -1.81. The van der Waals surface area contributed by atoms with Crippen LogP contribution in [0.4, 0.5) is 5.82 Å². The average Bonchev–Trinajstić information content (AvgIpc) is 2.96. The van der Waals surface area contributed by atoms with Gasteiger partial charge in [-0.25, -0.2) is 4.98 Å². The third kappa shape index (κ3) is 2.70. The first-order valence-corrected chi connectivity index (χ1v) is 7.67. The number of pyridine rings is 1. The number of halogens is 1. The van der Waals surface area contributed by atoms with Crippen LogP contribution in [-0.2, 0) is 6.54 Å². The van der Waals surface area contributed by atoms with Gasteiger partial charge >= 0.3 is 0 Å². The van der Waals surface area contributed by atoms with Crippen molar-refractivity contribution in [2.75, 3.05) is 16.8 Å². The van der Waals surface area contributed by atoms with Gasteiger partial charge in [-0.2, -0.15) is 0 Å². The second-order valence-corrected chi connectivity index (χ2v) is 5.36. The van der Waals surface area contributed by atoms with Gasteiger partial charge in [0.05, 0.1) is 11.6 Å². The molecule has 0 aliphatic carbocycles. The molecule has 3 aromatic rings. The van der Waals surface area contributed by atoms with Gasteiger partial charge in [0.25, 0.3) is 0 Å². The minimum Gasteiger partial charge on any atom is -0.464 e. The highest BCUT2D eigenvalue weighted by Gasteiger charge is 2.13. The van der Waals surface area contributed by atoms with E-state index in [1.165, 1.54) is 5.56 Å². The molecule has 0 aliphatic heterocycles. The molecule has 1 aromatic carbocycles. The molecule has 0 unspecified atom stereocenters. The van der Waals surface area contributed by atoms with E-state index in [1.54, 1.807) is 12.5 Å². The number of anilines is 1. The molecule has 0 fully saturated rings. The lowest BCUT2D eigenvalue weighted by Crippen LogP contribution is -2.25. The van der Waals surface area contributed by atoms with E-state index < -0.39 is 0 Å². The fourth-order valence-corrected chi connectivity index (χ4v) is 2.73. The van der Waals surface area contributed by atoms with Crippen LogP contribution >= 0.6 is 15.9 Å². The predicted molar refractivity (Wildman–Crippen MR) is 85.3 cm³/mol. The summed E-state index contributed by atoms with van der Waals surface area (Å²) in [5, 5.41) is 1.96. The molecule has 0 N–H and O–H groups in total. The number of aromatic nitrogens is 1. The van der Waals surface area contributed by atoms with Crippen molar-refractivity contribution in [1.29, 1.82) is 0 Å². The number of hydrogen-bond donors (Lipinski definition) is 0. The van der Waals surface area contributed by atoms with Crippen LogP contribution in [0.3, 0.4) is 0 Å². The number of alkyl halides is 1. The topological polar surface area (TPSA) is 29.3 Å². The summed E-state index contributed by atoms with van der Waals surface area (Å²) >= 11 is 3.52. The SMILES string of the molecule is BrCCN(Cc1ccccc1)c1nccc2occc12. The van der Waals surface area contributed by atoms with Crippen LogP contribution in [0.2, 0.25) is 0 Å². The third-order valence-corrected chi connectivity index (χ3v) is 3.58. The average molecular weight is 331 g/mol. The summed E-state index contributed by atoms with van der Waals surface area (Å²) in [4.78, 5) is 6.81. The first kappa shape index (κ1) is 13.2. The van der Waals surface area contributed by atoms with E-state index in [2.05, 4.69) is 50.1 Å². The van der Waals surface area contributed by atoms with Gasteiger partial charge in [-0.1, -0.05) is 46.3 Å². The molecule has 3 rings (SSSR count). The summed E-state index contributed by atoms with van der Waals surface area (Å²) < 4.78 is 5.46. The molecule has 2 aromatic heterocycles. The Kier molecular flexibility index (Phi) is 4.02. The first-order valence-electron chi connectivity index (χ1n) is 6.55. The van der Waals surface area contributed by atoms with Gasteiger partial charge in [0.15, 0.2) is 0 Å². The molecule has 0 saturated heterocycles. The maximum atomic E-state index is 5.46. The van der Waals surface area contributed by atoms with E-state index >= 15 is 0 Å². The van der Waals surface area contributed by atoms with Crippen molar-refractivity contribution >= 4 is 32.7 Å². The van der Waals surface area contributed by atoms with E-state index in [9.17, 15) is 0 Å². The Morgan fingerprint density at radius 2 is 1.95 bits per heavy atom. The number of rotatable bonds is 5. The number of furan rings is 1. The maximum Gasteiger partial charge on any atom is 0.140 e. The summed E-state index contributed by atoms with van der Waals surface area (Å²) in [6, 6.07) is 14.3. The van der Waals surface area contributed by atoms with Crippen molar-refractivity contribution in [3.63, 3.8) is 0 Å². The highest BCUT2D eigenvalue weighted by atomic mass is 79.9. The fourth-order valence-electron chi connectivity index (χ4n) is 2.30. The minimum absolute atomic E-state index is 0.837. The van der Waals surface area contributed by atoms with Crippen molar-refractivity contribution in [3.05, 3.63) is 60.5 Å².